The fourth-order valence-corrected chi connectivity index (χ4v) is 3.95. The molecule has 0 saturated heterocycles. The minimum Gasteiger partial charge on any atom is -0.497 e. The standard InChI is InChI=1S/C22H19N3O3S/c1-27-16-9-10-20-18(12-16)24-22(29-20)25(14-15-6-5-11-23-13-15)21(26)17-7-3-4-8-19(17)28-2/h3-13H,14H2,1-2H3. The summed E-state index contributed by atoms with van der Waals surface area (Å²) in [6.45, 7) is 0.349. The maximum atomic E-state index is 13.5. The predicted octanol–water partition coefficient (Wildman–Crippen LogP) is 4.56. The van der Waals surface area contributed by atoms with Gasteiger partial charge >= 0.3 is 0 Å². The van der Waals surface area contributed by atoms with E-state index in [0.29, 0.717) is 23.0 Å². The SMILES string of the molecule is COc1ccc2sc(N(Cc3cccnc3)C(=O)c3ccccc3OC)nc2c1. The molecule has 146 valence electrons. The first-order chi connectivity index (χ1) is 14.2. The highest BCUT2D eigenvalue weighted by molar-refractivity contribution is 7.22. The van der Waals surface area contributed by atoms with Gasteiger partial charge in [0, 0.05) is 18.5 Å². The van der Waals surface area contributed by atoms with Crippen molar-refractivity contribution < 1.29 is 14.3 Å². The lowest BCUT2D eigenvalue weighted by Gasteiger charge is -2.21. The lowest BCUT2D eigenvalue weighted by atomic mass is 10.1. The Balaban J connectivity index is 1.79. The molecule has 4 rings (SSSR count). The Hall–Kier alpha value is -3.45. The van der Waals surface area contributed by atoms with E-state index >= 15 is 0 Å². The van der Waals surface area contributed by atoms with Gasteiger partial charge in [-0.2, -0.15) is 0 Å². The summed E-state index contributed by atoms with van der Waals surface area (Å²) in [4.78, 5) is 24.0. The summed E-state index contributed by atoms with van der Waals surface area (Å²) in [6, 6.07) is 16.7. The number of nitrogens with zero attached hydrogens (tertiary/aromatic N) is 3. The maximum absolute atomic E-state index is 13.5. The highest BCUT2D eigenvalue weighted by Gasteiger charge is 2.24. The number of benzene rings is 2. The summed E-state index contributed by atoms with van der Waals surface area (Å²) in [6.07, 6.45) is 3.46. The molecule has 0 unspecified atom stereocenters. The number of fused-ring (bicyclic) bond motifs is 1. The molecule has 29 heavy (non-hydrogen) atoms. The zero-order valence-corrected chi connectivity index (χ0v) is 16.8. The lowest BCUT2D eigenvalue weighted by molar-refractivity contribution is 0.0982. The van der Waals surface area contributed by atoms with Gasteiger partial charge in [0.25, 0.3) is 5.91 Å². The van der Waals surface area contributed by atoms with Gasteiger partial charge in [0.15, 0.2) is 5.13 Å². The highest BCUT2D eigenvalue weighted by Crippen LogP contribution is 2.33. The van der Waals surface area contributed by atoms with E-state index in [1.54, 1.807) is 43.6 Å². The van der Waals surface area contributed by atoms with Crippen molar-refractivity contribution in [3.8, 4) is 11.5 Å². The molecule has 0 bridgehead atoms. The van der Waals surface area contributed by atoms with Gasteiger partial charge in [-0.15, -0.1) is 0 Å². The number of pyridine rings is 1. The van der Waals surface area contributed by atoms with Crippen LogP contribution >= 0.6 is 11.3 Å². The van der Waals surface area contributed by atoms with Crippen molar-refractivity contribution in [2.24, 2.45) is 0 Å². The Bertz CT molecular complexity index is 1140. The number of hydrogen-bond donors (Lipinski definition) is 0. The molecule has 0 atom stereocenters. The summed E-state index contributed by atoms with van der Waals surface area (Å²) in [5, 5.41) is 0.605. The zero-order valence-electron chi connectivity index (χ0n) is 16.0. The molecule has 0 saturated carbocycles. The van der Waals surface area contributed by atoms with E-state index in [-0.39, 0.29) is 5.91 Å². The van der Waals surface area contributed by atoms with E-state index in [2.05, 4.69) is 4.98 Å². The van der Waals surface area contributed by atoms with Crippen LogP contribution in [0.25, 0.3) is 10.2 Å². The van der Waals surface area contributed by atoms with Crippen LogP contribution in [0.4, 0.5) is 5.13 Å². The molecule has 0 radical (unpaired) electrons. The van der Waals surface area contributed by atoms with Crippen LogP contribution in [-0.2, 0) is 6.54 Å². The second-order valence-electron chi connectivity index (χ2n) is 6.28. The number of para-hydroxylation sites is 1. The Morgan fingerprint density at radius 1 is 1.07 bits per heavy atom. The van der Waals surface area contributed by atoms with Crippen molar-refractivity contribution >= 4 is 32.6 Å². The van der Waals surface area contributed by atoms with E-state index in [1.807, 2.05) is 42.5 Å². The Morgan fingerprint density at radius 2 is 1.93 bits per heavy atom. The molecular formula is C22H19N3O3S. The summed E-state index contributed by atoms with van der Waals surface area (Å²) >= 11 is 1.46. The lowest BCUT2D eigenvalue weighted by Crippen LogP contribution is -2.30. The first-order valence-corrected chi connectivity index (χ1v) is 9.79. The molecular weight excluding hydrogens is 386 g/mol. The molecule has 2 aromatic carbocycles. The van der Waals surface area contributed by atoms with Crippen LogP contribution in [0.3, 0.4) is 0 Å². The van der Waals surface area contributed by atoms with E-state index in [0.717, 1.165) is 21.5 Å². The smallest absolute Gasteiger partial charge is 0.264 e. The molecule has 0 spiro atoms. The maximum Gasteiger partial charge on any atom is 0.264 e. The van der Waals surface area contributed by atoms with Crippen molar-refractivity contribution in [2.45, 2.75) is 6.54 Å². The van der Waals surface area contributed by atoms with Gasteiger partial charge in [-0.1, -0.05) is 29.5 Å². The van der Waals surface area contributed by atoms with Crippen molar-refractivity contribution in [3.63, 3.8) is 0 Å². The molecule has 1 amide bonds. The van der Waals surface area contributed by atoms with E-state index in [4.69, 9.17) is 14.5 Å². The van der Waals surface area contributed by atoms with Crippen LogP contribution in [0.1, 0.15) is 15.9 Å². The number of rotatable bonds is 6. The highest BCUT2D eigenvalue weighted by atomic mass is 32.1. The first-order valence-electron chi connectivity index (χ1n) is 8.98. The molecule has 2 heterocycles. The number of anilines is 1. The van der Waals surface area contributed by atoms with Crippen LogP contribution in [0.15, 0.2) is 67.0 Å². The minimum absolute atomic E-state index is 0.183. The van der Waals surface area contributed by atoms with E-state index in [9.17, 15) is 4.79 Å². The third-order valence-electron chi connectivity index (χ3n) is 4.46. The fraction of sp³-hybridized carbons (Fsp3) is 0.136. The number of carbonyl (C=O) groups is 1. The Morgan fingerprint density at radius 3 is 2.69 bits per heavy atom. The van der Waals surface area contributed by atoms with Crippen molar-refractivity contribution in [1.82, 2.24) is 9.97 Å². The van der Waals surface area contributed by atoms with Gasteiger partial charge in [-0.05, 0) is 35.9 Å². The van der Waals surface area contributed by atoms with Gasteiger partial charge in [-0.3, -0.25) is 14.7 Å². The number of methoxy groups -OCH3 is 2. The summed E-state index contributed by atoms with van der Waals surface area (Å²) < 4.78 is 11.7. The molecule has 0 fully saturated rings. The zero-order chi connectivity index (χ0) is 20.2. The quantitative estimate of drug-likeness (QED) is 0.471. The molecule has 0 N–H and O–H groups in total. The number of thiazole rings is 1. The number of amides is 1. The monoisotopic (exact) mass is 405 g/mol. The normalized spacial score (nSPS) is 10.7. The van der Waals surface area contributed by atoms with Crippen LogP contribution in [0.5, 0.6) is 11.5 Å². The molecule has 7 heteroatoms. The largest absolute Gasteiger partial charge is 0.497 e. The molecule has 0 aliphatic heterocycles. The first kappa shape index (κ1) is 18.9. The summed E-state index contributed by atoms with van der Waals surface area (Å²) in [5.74, 6) is 1.07. The van der Waals surface area contributed by atoms with Gasteiger partial charge in [-0.25, -0.2) is 4.98 Å². The Kier molecular flexibility index (Phi) is 5.39. The van der Waals surface area contributed by atoms with Crippen molar-refractivity contribution in [3.05, 3.63) is 78.1 Å². The van der Waals surface area contributed by atoms with Gasteiger partial charge in [0.05, 0.1) is 36.5 Å². The van der Waals surface area contributed by atoms with Crippen LogP contribution in [-0.4, -0.2) is 30.1 Å². The van der Waals surface area contributed by atoms with E-state index < -0.39 is 0 Å². The molecule has 2 aromatic heterocycles. The van der Waals surface area contributed by atoms with Crippen LogP contribution < -0.4 is 14.4 Å². The minimum atomic E-state index is -0.183. The average Bonchev–Trinajstić information content (AvgIpc) is 3.20. The molecule has 0 aliphatic rings. The third-order valence-corrected chi connectivity index (χ3v) is 5.52. The fourth-order valence-electron chi connectivity index (χ4n) is 3.00. The van der Waals surface area contributed by atoms with E-state index in [1.165, 1.54) is 11.3 Å². The number of hydrogen-bond acceptors (Lipinski definition) is 6. The van der Waals surface area contributed by atoms with Gasteiger partial charge in [0.2, 0.25) is 0 Å². The van der Waals surface area contributed by atoms with Crippen LogP contribution in [0, 0.1) is 0 Å². The second-order valence-corrected chi connectivity index (χ2v) is 7.29. The summed E-state index contributed by atoms with van der Waals surface area (Å²) in [5.41, 5.74) is 2.18. The van der Waals surface area contributed by atoms with Gasteiger partial charge < -0.3 is 9.47 Å². The molecule has 4 aromatic rings. The second kappa shape index (κ2) is 8.28. The van der Waals surface area contributed by atoms with Gasteiger partial charge in [0.1, 0.15) is 11.5 Å². The van der Waals surface area contributed by atoms with Crippen LogP contribution in [0.2, 0.25) is 0 Å². The average molecular weight is 405 g/mol. The Labute approximate surface area is 172 Å². The number of ether oxygens (including phenoxy) is 2. The molecule has 0 aliphatic carbocycles. The number of aromatic nitrogens is 2. The third kappa shape index (κ3) is 3.90. The van der Waals surface area contributed by atoms with Crippen molar-refractivity contribution in [1.29, 1.82) is 0 Å². The number of carbonyl (C=O) groups excluding carboxylic acids is 1. The van der Waals surface area contributed by atoms with Crippen molar-refractivity contribution in [2.75, 3.05) is 19.1 Å². The topological polar surface area (TPSA) is 64.5 Å². The summed E-state index contributed by atoms with van der Waals surface area (Å²) in [7, 11) is 3.18. The molecule has 6 nitrogen and oxygen atoms in total. The predicted molar refractivity (Wildman–Crippen MR) is 114 cm³/mol.